The second-order valence-electron chi connectivity index (χ2n) is 3.47. The van der Waals surface area contributed by atoms with Gasteiger partial charge in [0.15, 0.2) is 6.29 Å². The van der Waals surface area contributed by atoms with Gasteiger partial charge in [-0.1, -0.05) is 46.4 Å². The molecule has 0 aliphatic heterocycles. The molecule has 0 atom stereocenters. The van der Waals surface area contributed by atoms with Gasteiger partial charge in [0.2, 0.25) is 0 Å². The Morgan fingerprint density at radius 2 is 1.56 bits per heavy atom. The number of carbonyl (C=O) groups is 1. The number of hydrogen-bond acceptors (Lipinski definition) is 2. The summed E-state index contributed by atoms with van der Waals surface area (Å²) in [7, 11) is 0. The summed E-state index contributed by atoms with van der Waals surface area (Å²) in [5, 5.41) is 1.13. The van der Waals surface area contributed by atoms with Crippen molar-refractivity contribution >= 4 is 52.7 Å². The van der Waals surface area contributed by atoms with Crippen LogP contribution in [0.1, 0.15) is 10.4 Å². The van der Waals surface area contributed by atoms with Crippen LogP contribution in [-0.2, 0) is 0 Å². The van der Waals surface area contributed by atoms with E-state index >= 15 is 0 Å². The smallest absolute Gasteiger partial charge is 0.151 e. The molecule has 0 amide bonds. The third kappa shape index (κ3) is 2.47. The number of halogens is 4. The van der Waals surface area contributed by atoms with Gasteiger partial charge in [-0.05, 0) is 12.1 Å². The van der Waals surface area contributed by atoms with E-state index < -0.39 is 0 Å². The molecule has 18 heavy (non-hydrogen) atoms. The number of aromatic nitrogens is 1. The van der Waals surface area contributed by atoms with Gasteiger partial charge >= 0.3 is 0 Å². The van der Waals surface area contributed by atoms with Crippen LogP contribution in [0.15, 0.2) is 24.5 Å². The lowest BCUT2D eigenvalue weighted by Crippen LogP contribution is -1.89. The quantitative estimate of drug-likeness (QED) is 0.564. The number of pyridine rings is 1. The lowest BCUT2D eigenvalue weighted by atomic mass is 10.1. The van der Waals surface area contributed by atoms with Crippen molar-refractivity contribution in [1.29, 1.82) is 0 Å². The van der Waals surface area contributed by atoms with Crippen LogP contribution in [0.25, 0.3) is 11.1 Å². The topological polar surface area (TPSA) is 30.0 Å². The second kappa shape index (κ2) is 5.45. The summed E-state index contributed by atoms with van der Waals surface area (Å²) in [6.45, 7) is 0. The highest BCUT2D eigenvalue weighted by atomic mass is 35.5. The van der Waals surface area contributed by atoms with Gasteiger partial charge in [-0.25, -0.2) is 0 Å². The third-order valence-corrected chi connectivity index (χ3v) is 3.87. The Labute approximate surface area is 123 Å². The molecule has 0 radical (unpaired) electrons. The fourth-order valence-corrected chi connectivity index (χ4v) is 2.51. The molecule has 2 nitrogen and oxygen atoms in total. The Bertz CT molecular complexity index is 601. The first-order valence-electron chi connectivity index (χ1n) is 4.78. The van der Waals surface area contributed by atoms with Crippen LogP contribution < -0.4 is 0 Å². The Kier molecular flexibility index (Phi) is 4.13. The average molecular weight is 321 g/mol. The molecule has 1 heterocycles. The van der Waals surface area contributed by atoms with Gasteiger partial charge < -0.3 is 0 Å². The summed E-state index contributed by atoms with van der Waals surface area (Å²) in [4.78, 5) is 14.7. The first-order valence-corrected chi connectivity index (χ1v) is 6.29. The van der Waals surface area contributed by atoms with E-state index in [9.17, 15) is 4.79 Å². The minimum atomic E-state index is 0.274. The summed E-state index contributed by atoms with van der Waals surface area (Å²) in [5.41, 5.74) is 1.46. The maximum Gasteiger partial charge on any atom is 0.151 e. The van der Waals surface area contributed by atoms with E-state index in [1.165, 1.54) is 18.5 Å². The van der Waals surface area contributed by atoms with Crippen LogP contribution in [0.3, 0.4) is 0 Å². The van der Waals surface area contributed by atoms with Crippen LogP contribution in [0.5, 0.6) is 0 Å². The van der Waals surface area contributed by atoms with E-state index in [4.69, 9.17) is 46.4 Å². The predicted molar refractivity (Wildman–Crippen MR) is 75.1 cm³/mol. The first-order chi connectivity index (χ1) is 8.54. The highest BCUT2D eigenvalue weighted by Gasteiger charge is 2.16. The fourth-order valence-electron chi connectivity index (χ4n) is 1.49. The standard InChI is InChI=1S/C12H5Cl4NO/c13-8-2-9(14)12(16)10(11(8)15)7-1-6(5-18)3-17-4-7/h1-5H. The average Bonchev–Trinajstić information content (AvgIpc) is 2.37. The summed E-state index contributed by atoms with van der Waals surface area (Å²) in [6, 6.07) is 3.08. The van der Waals surface area contributed by atoms with Crippen molar-refractivity contribution in [1.82, 2.24) is 4.98 Å². The summed E-state index contributed by atoms with van der Waals surface area (Å²) >= 11 is 24.1. The lowest BCUT2D eigenvalue weighted by Gasteiger charge is -2.10. The molecule has 2 rings (SSSR count). The first kappa shape index (κ1) is 13.6. The third-order valence-electron chi connectivity index (χ3n) is 2.30. The monoisotopic (exact) mass is 319 g/mol. The molecule has 0 bridgehead atoms. The number of nitrogens with zero attached hydrogens (tertiary/aromatic N) is 1. The van der Waals surface area contributed by atoms with E-state index in [-0.39, 0.29) is 20.1 Å². The Hall–Kier alpha value is -0.800. The highest BCUT2D eigenvalue weighted by molar-refractivity contribution is 6.50. The molecule has 0 saturated heterocycles. The normalized spacial score (nSPS) is 10.4. The molecule has 0 unspecified atom stereocenters. The number of hydrogen-bond donors (Lipinski definition) is 0. The summed E-state index contributed by atoms with van der Waals surface area (Å²) in [5.74, 6) is 0. The van der Waals surface area contributed by atoms with Gasteiger partial charge in [0.25, 0.3) is 0 Å². The minimum Gasteiger partial charge on any atom is -0.298 e. The lowest BCUT2D eigenvalue weighted by molar-refractivity contribution is 0.112. The molecule has 92 valence electrons. The van der Waals surface area contributed by atoms with Gasteiger partial charge in [-0.15, -0.1) is 0 Å². The Morgan fingerprint density at radius 1 is 0.944 bits per heavy atom. The van der Waals surface area contributed by atoms with Crippen LogP contribution in [-0.4, -0.2) is 11.3 Å². The molecule has 2 aromatic rings. The van der Waals surface area contributed by atoms with Crippen LogP contribution >= 0.6 is 46.4 Å². The molecule has 1 aromatic heterocycles. The van der Waals surface area contributed by atoms with Gasteiger partial charge in [0.05, 0.1) is 20.1 Å². The van der Waals surface area contributed by atoms with Crippen LogP contribution in [0.2, 0.25) is 20.1 Å². The van der Waals surface area contributed by atoms with Crippen molar-refractivity contribution in [2.75, 3.05) is 0 Å². The maximum atomic E-state index is 10.7. The number of carbonyl (C=O) groups excluding carboxylic acids is 1. The molecule has 6 heteroatoms. The van der Waals surface area contributed by atoms with E-state index in [1.807, 2.05) is 0 Å². The van der Waals surface area contributed by atoms with Crippen molar-refractivity contribution in [2.45, 2.75) is 0 Å². The molecule has 0 spiro atoms. The Balaban J connectivity index is 2.73. The number of benzene rings is 1. The van der Waals surface area contributed by atoms with Crippen molar-refractivity contribution in [3.8, 4) is 11.1 Å². The van der Waals surface area contributed by atoms with E-state index in [0.29, 0.717) is 23.0 Å². The fraction of sp³-hybridized carbons (Fsp3) is 0. The van der Waals surface area contributed by atoms with Crippen molar-refractivity contribution in [3.05, 3.63) is 50.2 Å². The molecular formula is C12H5Cl4NO. The predicted octanol–water partition coefficient (Wildman–Crippen LogP) is 5.17. The zero-order chi connectivity index (χ0) is 13.3. The molecule has 0 N–H and O–H groups in total. The zero-order valence-corrected chi connectivity index (χ0v) is 11.8. The number of aldehydes is 1. The molecule has 0 aliphatic rings. The zero-order valence-electron chi connectivity index (χ0n) is 8.75. The van der Waals surface area contributed by atoms with E-state index in [0.717, 1.165) is 0 Å². The SMILES string of the molecule is O=Cc1cncc(-c2c(Cl)c(Cl)cc(Cl)c2Cl)c1. The summed E-state index contributed by atoms with van der Waals surface area (Å²) < 4.78 is 0. The van der Waals surface area contributed by atoms with Gasteiger partial charge in [0.1, 0.15) is 0 Å². The largest absolute Gasteiger partial charge is 0.298 e. The van der Waals surface area contributed by atoms with Crippen LogP contribution in [0, 0.1) is 0 Å². The van der Waals surface area contributed by atoms with Crippen molar-refractivity contribution < 1.29 is 4.79 Å². The molecule has 1 aromatic carbocycles. The molecule has 0 saturated carbocycles. The van der Waals surface area contributed by atoms with Crippen LogP contribution in [0.4, 0.5) is 0 Å². The second-order valence-corrected chi connectivity index (χ2v) is 5.04. The van der Waals surface area contributed by atoms with Crippen molar-refractivity contribution in [3.63, 3.8) is 0 Å². The highest BCUT2D eigenvalue weighted by Crippen LogP contribution is 2.43. The minimum absolute atomic E-state index is 0.274. The molecular weight excluding hydrogens is 316 g/mol. The maximum absolute atomic E-state index is 10.7. The summed E-state index contributed by atoms with van der Waals surface area (Å²) in [6.07, 6.45) is 3.65. The number of rotatable bonds is 2. The van der Waals surface area contributed by atoms with Gasteiger partial charge in [0, 0.05) is 29.1 Å². The Morgan fingerprint density at radius 3 is 2.11 bits per heavy atom. The van der Waals surface area contributed by atoms with Gasteiger partial charge in [-0.2, -0.15) is 0 Å². The molecule has 0 fully saturated rings. The van der Waals surface area contributed by atoms with Crippen molar-refractivity contribution in [2.24, 2.45) is 0 Å². The molecule has 0 aliphatic carbocycles. The van der Waals surface area contributed by atoms with E-state index in [1.54, 1.807) is 6.07 Å². The van der Waals surface area contributed by atoms with Gasteiger partial charge in [-0.3, -0.25) is 9.78 Å². The van der Waals surface area contributed by atoms with E-state index in [2.05, 4.69) is 4.98 Å².